The van der Waals surface area contributed by atoms with Crippen LogP contribution >= 0.6 is 27.3 Å². The van der Waals surface area contributed by atoms with E-state index in [1.807, 2.05) is 0 Å². The molecule has 0 radical (unpaired) electrons. The van der Waals surface area contributed by atoms with Gasteiger partial charge in [0.25, 0.3) is 0 Å². The van der Waals surface area contributed by atoms with Gasteiger partial charge in [-0.05, 0) is 58.6 Å². The predicted octanol–water partition coefficient (Wildman–Crippen LogP) is 5.13. The maximum Gasteiger partial charge on any atom is 0.0368 e. The molecule has 1 saturated carbocycles. The van der Waals surface area contributed by atoms with Crippen molar-refractivity contribution in [3.05, 3.63) is 20.8 Å². The maximum absolute atomic E-state index is 3.76. The van der Waals surface area contributed by atoms with Crippen LogP contribution in [-0.2, 0) is 0 Å². The summed E-state index contributed by atoms with van der Waals surface area (Å²) in [7, 11) is 0. The third-order valence-electron chi connectivity index (χ3n) is 3.71. The lowest BCUT2D eigenvalue weighted by molar-refractivity contribution is 0.272. The zero-order valence-electron chi connectivity index (χ0n) is 10.5. The zero-order chi connectivity index (χ0) is 12.1. The number of rotatable bonds is 5. The Morgan fingerprint density at radius 2 is 2.12 bits per heavy atom. The van der Waals surface area contributed by atoms with Crippen LogP contribution in [0.3, 0.4) is 0 Å². The van der Waals surface area contributed by atoms with Crippen LogP contribution in [0.25, 0.3) is 0 Å². The normalized spacial score (nSPS) is 19.4. The van der Waals surface area contributed by atoms with Gasteiger partial charge in [0, 0.05) is 15.9 Å². The van der Waals surface area contributed by atoms with Crippen molar-refractivity contribution < 1.29 is 0 Å². The van der Waals surface area contributed by atoms with E-state index in [9.17, 15) is 0 Å². The Labute approximate surface area is 117 Å². The SMILES string of the molecule is CCCNC(c1cscc1Br)C1CCCCC1. The van der Waals surface area contributed by atoms with E-state index in [-0.39, 0.29) is 0 Å². The highest BCUT2D eigenvalue weighted by molar-refractivity contribution is 9.10. The molecule has 0 spiro atoms. The molecular weight excluding hydrogens is 294 g/mol. The topological polar surface area (TPSA) is 12.0 Å². The maximum atomic E-state index is 3.76. The number of halogens is 1. The van der Waals surface area contributed by atoms with E-state index in [1.165, 1.54) is 48.6 Å². The zero-order valence-corrected chi connectivity index (χ0v) is 12.9. The second-order valence-electron chi connectivity index (χ2n) is 5.00. The van der Waals surface area contributed by atoms with E-state index < -0.39 is 0 Å². The minimum atomic E-state index is 0.566. The van der Waals surface area contributed by atoms with Gasteiger partial charge in [0.05, 0.1) is 0 Å². The molecule has 1 aromatic rings. The molecule has 0 amide bonds. The summed E-state index contributed by atoms with van der Waals surface area (Å²) >= 11 is 5.50. The van der Waals surface area contributed by atoms with E-state index in [1.54, 1.807) is 11.3 Å². The molecule has 0 saturated heterocycles. The van der Waals surface area contributed by atoms with Gasteiger partial charge in [-0.15, -0.1) is 0 Å². The van der Waals surface area contributed by atoms with Crippen LogP contribution in [0.2, 0.25) is 0 Å². The monoisotopic (exact) mass is 315 g/mol. The van der Waals surface area contributed by atoms with Crippen LogP contribution in [0.4, 0.5) is 0 Å². The summed E-state index contributed by atoms with van der Waals surface area (Å²) in [4.78, 5) is 0. The smallest absolute Gasteiger partial charge is 0.0368 e. The lowest BCUT2D eigenvalue weighted by atomic mass is 9.82. The Morgan fingerprint density at radius 1 is 1.35 bits per heavy atom. The molecule has 17 heavy (non-hydrogen) atoms. The predicted molar refractivity (Wildman–Crippen MR) is 79.6 cm³/mol. The summed E-state index contributed by atoms with van der Waals surface area (Å²) in [5.74, 6) is 0.834. The number of hydrogen-bond donors (Lipinski definition) is 1. The Bertz CT molecular complexity index is 331. The van der Waals surface area contributed by atoms with Gasteiger partial charge >= 0.3 is 0 Å². The molecule has 0 bridgehead atoms. The van der Waals surface area contributed by atoms with E-state index >= 15 is 0 Å². The first-order valence-electron chi connectivity index (χ1n) is 6.78. The molecule has 1 aliphatic carbocycles. The first kappa shape index (κ1) is 13.6. The van der Waals surface area contributed by atoms with Crippen molar-refractivity contribution >= 4 is 27.3 Å². The molecule has 1 atom stereocenters. The minimum Gasteiger partial charge on any atom is -0.310 e. The molecule has 3 heteroatoms. The number of thiophene rings is 1. The molecule has 1 nitrogen and oxygen atoms in total. The Kier molecular flexibility index (Phi) is 5.51. The summed E-state index contributed by atoms with van der Waals surface area (Å²) in [6.45, 7) is 3.37. The fourth-order valence-corrected chi connectivity index (χ4v) is 4.39. The van der Waals surface area contributed by atoms with Gasteiger partial charge in [0.1, 0.15) is 0 Å². The third-order valence-corrected chi connectivity index (χ3v) is 5.46. The Balaban J connectivity index is 2.09. The molecule has 1 aromatic heterocycles. The fraction of sp³-hybridized carbons (Fsp3) is 0.714. The van der Waals surface area contributed by atoms with Crippen LogP contribution < -0.4 is 5.32 Å². The lowest BCUT2D eigenvalue weighted by Crippen LogP contribution is -2.30. The third kappa shape index (κ3) is 3.55. The van der Waals surface area contributed by atoms with Crippen molar-refractivity contribution in [2.45, 2.75) is 51.5 Å². The van der Waals surface area contributed by atoms with Gasteiger partial charge in [0.2, 0.25) is 0 Å². The average Bonchev–Trinajstić information content (AvgIpc) is 2.78. The number of hydrogen-bond acceptors (Lipinski definition) is 2. The highest BCUT2D eigenvalue weighted by Crippen LogP contribution is 2.38. The molecule has 1 aliphatic rings. The summed E-state index contributed by atoms with van der Waals surface area (Å²) in [5.41, 5.74) is 1.48. The molecule has 1 heterocycles. The number of nitrogens with one attached hydrogen (secondary N) is 1. The molecule has 1 unspecified atom stereocenters. The van der Waals surface area contributed by atoms with Gasteiger partial charge in [0.15, 0.2) is 0 Å². The van der Waals surface area contributed by atoms with Crippen molar-refractivity contribution in [1.29, 1.82) is 0 Å². The first-order chi connectivity index (χ1) is 8.33. The van der Waals surface area contributed by atoms with Crippen molar-refractivity contribution in [2.75, 3.05) is 6.54 Å². The van der Waals surface area contributed by atoms with Gasteiger partial charge in [-0.3, -0.25) is 0 Å². The van der Waals surface area contributed by atoms with Crippen LogP contribution in [0, 0.1) is 5.92 Å². The van der Waals surface area contributed by atoms with Gasteiger partial charge in [-0.1, -0.05) is 26.2 Å². The summed E-state index contributed by atoms with van der Waals surface area (Å²) < 4.78 is 1.29. The van der Waals surface area contributed by atoms with Crippen LogP contribution in [0.5, 0.6) is 0 Å². The van der Waals surface area contributed by atoms with E-state index in [0.717, 1.165) is 12.5 Å². The first-order valence-corrected chi connectivity index (χ1v) is 8.51. The minimum absolute atomic E-state index is 0.566. The van der Waals surface area contributed by atoms with Crippen molar-refractivity contribution in [2.24, 2.45) is 5.92 Å². The van der Waals surface area contributed by atoms with Gasteiger partial charge in [-0.2, -0.15) is 11.3 Å². The van der Waals surface area contributed by atoms with Gasteiger partial charge in [-0.25, -0.2) is 0 Å². The summed E-state index contributed by atoms with van der Waals surface area (Å²) in [5, 5.41) is 8.28. The van der Waals surface area contributed by atoms with Crippen LogP contribution in [0.15, 0.2) is 15.2 Å². The van der Waals surface area contributed by atoms with E-state index in [0.29, 0.717) is 6.04 Å². The summed E-state index contributed by atoms with van der Waals surface area (Å²) in [6, 6.07) is 0.566. The second-order valence-corrected chi connectivity index (χ2v) is 6.60. The molecule has 1 N–H and O–H groups in total. The van der Waals surface area contributed by atoms with E-state index in [2.05, 4.69) is 38.9 Å². The van der Waals surface area contributed by atoms with Gasteiger partial charge < -0.3 is 5.32 Å². The Morgan fingerprint density at radius 3 is 2.71 bits per heavy atom. The molecule has 1 fully saturated rings. The molecular formula is C14H22BrNS. The quantitative estimate of drug-likeness (QED) is 0.794. The fourth-order valence-electron chi connectivity index (χ4n) is 2.81. The van der Waals surface area contributed by atoms with Crippen molar-refractivity contribution in [3.63, 3.8) is 0 Å². The largest absolute Gasteiger partial charge is 0.310 e. The van der Waals surface area contributed by atoms with Crippen LogP contribution in [0.1, 0.15) is 57.1 Å². The van der Waals surface area contributed by atoms with Crippen molar-refractivity contribution in [1.82, 2.24) is 5.32 Å². The molecule has 0 aliphatic heterocycles. The standard InChI is InChI=1S/C14H22BrNS/c1-2-8-16-14(11-6-4-3-5-7-11)12-9-17-10-13(12)15/h9-11,14,16H,2-8H2,1H3. The molecule has 0 aromatic carbocycles. The summed E-state index contributed by atoms with van der Waals surface area (Å²) in [6.07, 6.45) is 8.26. The highest BCUT2D eigenvalue weighted by Gasteiger charge is 2.26. The van der Waals surface area contributed by atoms with E-state index in [4.69, 9.17) is 0 Å². The molecule has 2 rings (SSSR count). The lowest BCUT2D eigenvalue weighted by Gasteiger charge is -2.31. The van der Waals surface area contributed by atoms with Crippen molar-refractivity contribution in [3.8, 4) is 0 Å². The average molecular weight is 316 g/mol. The second kappa shape index (κ2) is 6.91. The molecule has 96 valence electrons. The highest BCUT2D eigenvalue weighted by atomic mass is 79.9. The Hall–Kier alpha value is 0.140. The van der Waals surface area contributed by atoms with Crippen LogP contribution in [-0.4, -0.2) is 6.54 Å².